The fourth-order valence-electron chi connectivity index (χ4n) is 3.06. The standard InChI is InChI=1S/C19H18N4O3S/c1-12-11-23-18(25)14(10-20-19(23)27-12)17(24)21-15-4-3-5-16-13(15)6-7-22(16)8-9-26-2/h3-7,10-11H,8-9H2,1-2H3,(H,21,24). The number of fused-ring (bicyclic) bond motifs is 2. The van der Waals surface area contributed by atoms with Crippen LogP contribution in [0.1, 0.15) is 15.2 Å². The summed E-state index contributed by atoms with van der Waals surface area (Å²) in [6, 6.07) is 7.62. The van der Waals surface area contributed by atoms with Crippen molar-refractivity contribution in [3.63, 3.8) is 0 Å². The van der Waals surface area contributed by atoms with Crippen LogP contribution in [-0.4, -0.2) is 33.6 Å². The first-order valence-corrected chi connectivity index (χ1v) is 9.26. The number of nitrogens with zero attached hydrogens (tertiary/aromatic N) is 3. The molecule has 138 valence electrons. The molecule has 0 radical (unpaired) electrons. The quantitative estimate of drug-likeness (QED) is 0.576. The predicted molar refractivity (Wildman–Crippen MR) is 106 cm³/mol. The van der Waals surface area contributed by atoms with Crippen molar-refractivity contribution in [3.05, 3.63) is 63.7 Å². The minimum absolute atomic E-state index is 0.0149. The van der Waals surface area contributed by atoms with Crippen LogP contribution >= 0.6 is 11.3 Å². The lowest BCUT2D eigenvalue weighted by atomic mass is 10.2. The number of ether oxygens (including phenoxy) is 1. The average molecular weight is 382 g/mol. The lowest BCUT2D eigenvalue weighted by molar-refractivity contribution is 0.102. The molecule has 0 bridgehead atoms. The molecular weight excluding hydrogens is 364 g/mol. The summed E-state index contributed by atoms with van der Waals surface area (Å²) in [6.45, 7) is 3.22. The lowest BCUT2D eigenvalue weighted by Crippen LogP contribution is -2.25. The van der Waals surface area contributed by atoms with Gasteiger partial charge in [0.15, 0.2) is 4.96 Å². The van der Waals surface area contributed by atoms with E-state index in [4.69, 9.17) is 4.74 Å². The van der Waals surface area contributed by atoms with Gasteiger partial charge in [-0.25, -0.2) is 4.98 Å². The molecule has 3 heterocycles. The Labute approximate surface area is 158 Å². The summed E-state index contributed by atoms with van der Waals surface area (Å²) < 4.78 is 8.61. The Hall–Kier alpha value is -2.97. The summed E-state index contributed by atoms with van der Waals surface area (Å²) in [5, 5.41) is 3.75. The summed E-state index contributed by atoms with van der Waals surface area (Å²) >= 11 is 1.41. The Morgan fingerprint density at radius 1 is 1.33 bits per heavy atom. The van der Waals surface area contributed by atoms with Crippen molar-refractivity contribution in [1.82, 2.24) is 14.0 Å². The van der Waals surface area contributed by atoms with Crippen molar-refractivity contribution in [2.45, 2.75) is 13.5 Å². The zero-order valence-electron chi connectivity index (χ0n) is 14.9. The van der Waals surface area contributed by atoms with Gasteiger partial charge in [-0.05, 0) is 25.1 Å². The Morgan fingerprint density at radius 3 is 3.00 bits per heavy atom. The molecule has 1 amide bonds. The SMILES string of the molecule is COCCn1ccc2c(NC(=O)c3cnc4sc(C)cn4c3=O)cccc21. The summed E-state index contributed by atoms with van der Waals surface area (Å²) in [5.41, 5.74) is 1.29. The molecule has 7 nitrogen and oxygen atoms in total. The van der Waals surface area contributed by atoms with Gasteiger partial charge in [-0.15, -0.1) is 11.3 Å². The second kappa shape index (κ2) is 6.98. The molecule has 27 heavy (non-hydrogen) atoms. The molecule has 0 aliphatic carbocycles. The van der Waals surface area contributed by atoms with Crippen LogP contribution in [0.4, 0.5) is 5.69 Å². The molecule has 1 N–H and O–H groups in total. The number of nitrogens with one attached hydrogen (secondary N) is 1. The lowest BCUT2D eigenvalue weighted by Gasteiger charge is -2.08. The number of hydrogen-bond donors (Lipinski definition) is 1. The first-order valence-electron chi connectivity index (χ1n) is 8.44. The number of amides is 1. The number of carbonyl (C=O) groups is 1. The van der Waals surface area contributed by atoms with E-state index < -0.39 is 5.91 Å². The van der Waals surface area contributed by atoms with Gasteiger partial charge < -0.3 is 14.6 Å². The minimum Gasteiger partial charge on any atom is -0.383 e. The molecule has 8 heteroatoms. The molecule has 4 rings (SSSR count). The normalized spacial score (nSPS) is 11.3. The first-order chi connectivity index (χ1) is 13.1. The highest BCUT2D eigenvalue weighted by molar-refractivity contribution is 7.16. The maximum atomic E-state index is 12.7. The highest BCUT2D eigenvalue weighted by atomic mass is 32.1. The maximum absolute atomic E-state index is 12.7. The Kier molecular flexibility index (Phi) is 4.51. The number of aryl methyl sites for hydroxylation is 1. The monoisotopic (exact) mass is 382 g/mol. The smallest absolute Gasteiger partial charge is 0.271 e. The summed E-state index contributed by atoms with van der Waals surface area (Å²) in [4.78, 5) is 31.1. The number of methoxy groups -OCH3 is 1. The van der Waals surface area contributed by atoms with E-state index in [-0.39, 0.29) is 11.1 Å². The second-order valence-corrected chi connectivity index (χ2v) is 7.38. The van der Waals surface area contributed by atoms with Gasteiger partial charge in [0.2, 0.25) is 0 Å². The van der Waals surface area contributed by atoms with Crippen molar-refractivity contribution >= 4 is 38.8 Å². The van der Waals surface area contributed by atoms with Gasteiger partial charge in [-0.1, -0.05) is 6.07 Å². The number of hydrogen-bond acceptors (Lipinski definition) is 5. The van der Waals surface area contributed by atoms with Crippen LogP contribution in [0.5, 0.6) is 0 Å². The molecule has 0 spiro atoms. The maximum Gasteiger partial charge on any atom is 0.271 e. The molecule has 0 fully saturated rings. The van der Waals surface area contributed by atoms with Crippen LogP contribution in [0.3, 0.4) is 0 Å². The van der Waals surface area contributed by atoms with Gasteiger partial charge in [0.05, 0.1) is 17.8 Å². The number of anilines is 1. The molecule has 3 aromatic heterocycles. The second-order valence-electron chi connectivity index (χ2n) is 6.17. The molecular formula is C19H18N4O3S. The third-order valence-electron chi connectivity index (χ3n) is 4.37. The van der Waals surface area contributed by atoms with Crippen LogP contribution in [-0.2, 0) is 11.3 Å². The number of thiazole rings is 1. The molecule has 0 atom stereocenters. The highest BCUT2D eigenvalue weighted by Gasteiger charge is 2.16. The van der Waals surface area contributed by atoms with E-state index in [1.807, 2.05) is 37.4 Å². The fourth-order valence-corrected chi connectivity index (χ4v) is 3.84. The van der Waals surface area contributed by atoms with Crippen LogP contribution in [0.15, 0.2) is 47.7 Å². The highest BCUT2D eigenvalue weighted by Crippen LogP contribution is 2.25. The van der Waals surface area contributed by atoms with Crippen molar-refractivity contribution in [3.8, 4) is 0 Å². The zero-order valence-corrected chi connectivity index (χ0v) is 15.7. The van der Waals surface area contributed by atoms with Gasteiger partial charge in [-0.2, -0.15) is 0 Å². The number of aromatic nitrogens is 3. The molecule has 0 aliphatic heterocycles. The number of rotatable bonds is 5. The van der Waals surface area contributed by atoms with Gasteiger partial charge in [0.25, 0.3) is 11.5 Å². The van der Waals surface area contributed by atoms with Crippen LogP contribution in [0.25, 0.3) is 15.9 Å². The Morgan fingerprint density at radius 2 is 2.19 bits per heavy atom. The number of carbonyl (C=O) groups excluding carboxylic acids is 1. The summed E-state index contributed by atoms with van der Waals surface area (Å²) in [6.07, 6.45) is 4.99. The summed E-state index contributed by atoms with van der Waals surface area (Å²) in [7, 11) is 1.66. The van der Waals surface area contributed by atoms with E-state index in [1.165, 1.54) is 21.9 Å². The van der Waals surface area contributed by atoms with E-state index in [1.54, 1.807) is 13.3 Å². The van der Waals surface area contributed by atoms with Gasteiger partial charge >= 0.3 is 0 Å². The number of benzene rings is 1. The molecule has 0 saturated carbocycles. The van der Waals surface area contributed by atoms with Crippen LogP contribution < -0.4 is 10.9 Å². The van der Waals surface area contributed by atoms with E-state index >= 15 is 0 Å². The van der Waals surface area contributed by atoms with E-state index in [0.29, 0.717) is 17.3 Å². The van der Waals surface area contributed by atoms with Crippen molar-refractivity contribution in [2.24, 2.45) is 0 Å². The van der Waals surface area contributed by atoms with Gasteiger partial charge in [0.1, 0.15) is 5.56 Å². The van der Waals surface area contributed by atoms with Crippen LogP contribution in [0, 0.1) is 6.92 Å². The van der Waals surface area contributed by atoms with Gasteiger partial charge in [-0.3, -0.25) is 14.0 Å². The molecule has 0 saturated heterocycles. The average Bonchev–Trinajstić information content (AvgIpc) is 3.24. The third kappa shape index (κ3) is 3.13. The topological polar surface area (TPSA) is 77.6 Å². The van der Waals surface area contributed by atoms with E-state index in [2.05, 4.69) is 14.9 Å². The molecule has 0 aliphatic rings. The Bertz CT molecular complexity index is 1200. The zero-order chi connectivity index (χ0) is 19.0. The molecule has 0 unspecified atom stereocenters. The molecule has 1 aromatic carbocycles. The third-order valence-corrected chi connectivity index (χ3v) is 5.28. The Balaban J connectivity index is 1.68. The van der Waals surface area contributed by atoms with Crippen molar-refractivity contribution in [1.29, 1.82) is 0 Å². The fraction of sp³-hybridized carbons (Fsp3) is 0.211. The van der Waals surface area contributed by atoms with Crippen molar-refractivity contribution in [2.75, 3.05) is 19.0 Å². The van der Waals surface area contributed by atoms with E-state index in [9.17, 15) is 9.59 Å². The van der Waals surface area contributed by atoms with Gasteiger partial charge in [0, 0.05) is 42.5 Å². The van der Waals surface area contributed by atoms with Crippen molar-refractivity contribution < 1.29 is 9.53 Å². The first kappa shape index (κ1) is 17.4. The largest absolute Gasteiger partial charge is 0.383 e. The molecule has 4 aromatic rings. The van der Waals surface area contributed by atoms with Crippen LogP contribution in [0.2, 0.25) is 0 Å². The predicted octanol–water partition coefficient (Wildman–Crippen LogP) is 2.92. The van der Waals surface area contributed by atoms with E-state index in [0.717, 1.165) is 22.3 Å². The summed E-state index contributed by atoms with van der Waals surface area (Å²) in [5.74, 6) is -0.470. The minimum atomic E-state index is -0.470.